The topological polar surface area (TPSA) is 70.6 Å². The Morgan fingerprint density at radius 3 is 2.52 bits per heavy atom. The molecule has 1 saturated heterocycles. The van der Waals surface area contributed by atoms with E-state index in [1.165, 1.54) is 0 Å². The quantitative estimate of drug-likeness (QED) is 0.605. The second-order valence-corrected chi connectivity index (χ2v) is 8.01. The number of carbonyl (C=O) groups excluding carboxylic acids is 1. The van der Waals surface area contributed by atoms with Crippen LogP contribution >= 0.6 is 11.8 Å². The fourth-order valence-corrected chi connectivity index (χ4v) is 3.94. The maximum Gasteiger partial charge on any atom is 0.321 e. The zero-order valence-corrected chi connectivity index (χ0v) is 18.4. The maximum absolute atomic E-state index is 12.7. The van der Waals surface area contributed by atoms with Crippen molar-refractivity contribution in [1.29, 1.82) is 0 Å². The largest absolute Gasteiger partial charge is 0.497 e. The van der Waals surface area contributed by atoms with Crippen molar-refractivity contribution in [2.45, 2.75) is 4.90 Å². The number of nitrogens with zero attached hydrogens (tertiary/aromatic N) is 4. The predicted octanol–water partition coefficient (Wildman–Crippen LogP) is 4.23. The molecule has 0 spiro atoms. The van der Waals surface area contributed by atoms with Crippen LogP contribution in [0.1, 0.15) is 0 Å². The van der Waals surface area contributed by atoms with Gasteiger partial charge in [-0.05, 0) is 48.7 Å². The summed E-state index contributed by atoms with van der Waals surface area (Å²) in [5.74, 6) is 1.68. The van der Waals surface area contributed by atoms with Gasteiger partial charge in [-0.1, -0.05) is 6.07 Å². The molecule has 0 atom stereocenters. The summed E-state index contributed by atoms with van der Waals surface area (Å²) in [5.41, 5.74) is 2.69. The maximum atomic E-state index is 12.7. The van der Waals surface area contributed by atoms with E-state index in [4.69, 9.17) is 4.74 Å². The summed E-state index contributed by atoms with van der Waals surface area (Å²) in [4.78, 5) is 26.7. The summed E-state index contributed by atoms with van der Waals surface area (Å²) >= 11 is 1.65. The minimum Gasteiger partial charge on any atom is -0.497 e. The van der Waals surface area contributed by atoms with Crippen molar-refractivity contribution in [3.63, 3.8) is 0 Å². The van der Waals surface area contributed by atoms with Crippen LogP contribution in [0.2, 0.25) is 0 Å². The lowest BCUT2D eigenvalue weighted by Gasteiger charge is -2.35. The number of rotatable bonds is 5. The molecule has 0 bridgehead atoms. The van der Waals surface area contributed by atoms with E-state index in [-0.39, 0.29) is 6.03 Å². The Bertz CT molecular complexity index is 1040. The molecule has 2 heterocycles. The van der Waals surface area contributed by atoms with Gasteiger partial charge in [0.2, 0.25) is 0 Å². The summed E-state index contributed by atoms with van der Waals surface area (Å²) in [7, 11) is 1.65. The molecule has 8 heteroatoms. The zero-order chi connectivity index (χ0) is 21.6. The molecule has 160 valence electrons. The molecular formula is C23H25N5O2S. The Hall–Kier alpha value is -3.26. The fourth-order valence-electron chi connectivity index (χ4n) is 3.48. The smallest absolute Gasteiger partial charge is 0.321 e. The lowest BCUT2D eigenvalue weighted by Crippen LogP contribution is -2.50. The Kier molecular flexibility index (Phi) is 6.57. The van der Waals surface area contributed by atoms with Gasteiger partial charge in [0.1, 0.15) is 17.9 Å². The van der Waals surface area contributed by atoms with Crippen molar-refractivity contribution >= 4 is 29.3 Å². The number of benzene rings is 2. The minimum atomic E-state index is -0.0699. The van der Waals surface area contributed by atoms with Crippen LogP contribution in [-0.2, 0) is 0 Å². The molecule has 1 aliphatic heterocycles. The number of carbonyl (C=O) groups is 1. The molecular weight excluding hydrogens is 410 g/mol. The van der Waals surface area contributed by atoms with E-state index in [1.54, 1.807) is 25.2 Å². The van der Waals surface area contributed by atoms with Crippen LogP contribution in [0, 0.1) is 0 Å². The molecule has 0 unspecified atom stereocenters. The lowest BCUT2D eigenvalue weighted by atomic mass is 10.1. The molecule has 1 fully saturated rings. The molecule has 1 aromatic heterocycles. The highest BCUT2D eigenvalue weighted by Crippen LogP contribution is 2.24. The monoisotopic (exact) mass is 435 g/mol. The third-order valence-electron chi connectivity index (χ3n) is 5.25. The van der Waals surface area contributed by atoms with E-state index < -0.39 is 0 Å². The Labute approximate surface area is 186 Å². The van der Waals surface area contributed by atoms with Crippen LogP contribution in [0.3, 0.4) is 0 Å². The van der Waals surface area contributed by atoms with Gasteiger partial charge in [-0.3, -0.25) is 0 Å². The van der Waals surface area contributed by atoms with Crippen molar-refractivity contribution in [1.82, 2.24) is 14.9 Å². The van der Waals surface area contributed by atoms with Crippen molar-refractivity contribution in [2.24, 2.45) is 0 Å². The van der Waals surface area contributed by atoms with Crippen LogP contribution in [0.15, 0.2) is 65.8 Å². The average molecular weight is 436 g/mol. The molecule has 1 N–H and O–H groups in total. The summed E-state index contributed by atoms with van der Waals surface area (Å²) in [6.07, 6.45) is 3.61. The Morgan fingerprint density at radius 1 is 1.03 bits per heavy atom. The molecule has 2 aromatic carbocycles. The van der Waals surface area contributed by atoms with Gasteiger partial charge in [0.25, 0.3) is 0 Å². The van der Waals surface area contributed by atoms with Crippen molar-refractivity contribution in [3.8, 4) is 17.0 Å². The van der Waals surface area contributed by atoms with E-state index in [1.807, 2.05) is 65.8 Å². The molecule has 31 heavy (non-hydrogen) atoms. The van der Waals surface area contributed by atoms with Crippen molar-refractivity contribution < 1.29 is 9.53 Å². The Morgan fingerprint density at radius 2 is 1.81 bits per heavy atom. The van der Waals surface area contributed by atoms with E-state index in [0.29, 0.717) is 13.1 Å². The van der Waals surface area contributed by atoms with Crippen molar-refractivity contribution in [3.05, 3.63) is 60.9 Å². The number of piperazine rings is 1. The fraction of sp³-hybridized carbons (Fsp3) is 0.261. The second-order valence-electron chi connectivity index (χ2n) is 7.13. The minimum absolute atomic E-state index is 0.0699. The number of hydrogen-bond acceptors (Lipinski definition) is 6. The standard InChI is InChI=1S/C23H25N5O2S/c1-30-19-8-6-17(7-9-19)21-15-22(25-16-24-21)27-10-12-28(13-11-27)23(29)26-18-4-3-5-20(14-18)31-2/h3-9,14-16H,10-13H2,1-2H3,(H,26,29). The normalized spacial score (nSPS) is 13.7. The van der Waals surface area contributed by atoms with E-state index in [9.17, 15) is 4.79 Å². The SMILES string of the molecule is COc1ccc(-c2cc(N3CCN(C(=O)Nc4cccc(SC)c4)CC3)ncn2)cc1. The average Bonchev–Trinajstić information content (AvgIpc) is 2.84. The van der Waals surface area contributed by atoms with Gasteiger partial charge in [0, 0.05) is 48.4 Å². The third-order valence-corrected chi connectivity index (χ3v) is 5.98. The molecule has 0 radical (unpaired) electrons. The number of anilines is 2. The van der Waals surface area contributed by atoms with E-state index >= 15 is 0 Å². The summed E-state index contributed by atoms with van der Waals surface area (Å²) in [6, 6.07) is 17.6. The van der Waals surface area contributed by atoms with Crippen LogP contribution in [0.25, 0.3) is 11.3 Å². The highest BCUT2D eigenvalue weighted by atomic mass is 32.2. The van der Waals surface area contributed by atoms with E-state index in [0.717, 1.165) is 46.5 Å². The van der Waals surface area contributed by atoms with Gasteiger partial charge in [-0.15, -0.1) is 11.8 Å². The Balaban J connectivity index is 1.37. The summed E-state index contributed by atoms with van der Waals surface area (Å²) < 4.78 is 5.22. The lowest BCUT2D eigenvalue weighted by molar-refractivity contribution is 0.208. The molecule has 0 saturated carbocycles. The molecule has 2 amide bonds. The highest BCUT2D eigenvalue weighted by Gasteiger charge is 2.22. The first-order valence-corrected chi connectivity index (χ1v) is 11.3. The first-order chi connectivity index (χ1) is 15.2. The third kappa shape index (κ3) is 5.08. The number of hydrogen-bond donors (Lipinski definition) is 1. The first-order valence-electron chi connectivity index (χ1n) is 10.1. The van der Waals surface area contributed by atoms with Gasteiger partial charge in [-0.2, -0.15) is 0 Å². The molecule has 1 aliphatic rings. The number of nitrogens with one attached hydrogen (secondary N) is 1. The zero-order valence-electron chi connectivity index (χ0n) is 17.6. The number of thioether (sulfide) groups is 1. The van der Waals surface area contributed by atoms with Gasteiger partial charge >= 0.3 is 6.03 Å². The second kappa shape index (κ2) is 9.70. The van der Waals surface area contributed by atoms with Crippen LogP contribution < -0.4 is 15.0 Å². The molecule has 7 nitrogen and oxygen atoms in total. The van der Waals surface area contributed by atoms with Crippen LogP contribution in [0.5, 0.6) is 5.75 Å². The van der Waals surface area contributed by atoms with Gasteiger partial charge < -0.3 is 19.9 Å². The van der Waals surface area contributed by atoms with E-state index in [2.05, 4.69) is 20.2 Å². The molecule has 4 rings (SSSR count). The van der Waals surface area contributed by atoms with Crippen LogP contribution in [0.4, 0.5) is 16.3 Å². The first kappa shape index (κ1) is 21.0. The van der Waals surface area contributed by atoms with Gasteiger partial charge in [0.15, 0.2) is 0 Å². The number of urea groups is 1. The number of methoxy groups -OCH3 is 1. The van der Waals surface area contributed by atoms with Crippen LogP contribution in [-0.4, -0.2) is 60.4 Å². The number of amides is 2. The van der Waals surface area contributed by atoms with Gasteiger partial charge in [0.05, 0.1) is 12.8 Å². The molecule has 0 aliphatic carbocycles. The summed E-state index contributed by atoms with van der Waals surface area (Å²) in [5, 5.41) is 3.00. The number of ether oxygens (including phenoxy) is 1. The van der Waals surface area contributed by atoms with Crippen molar-refractivity contribution in [2.75, 3.05) is 49.8 Å². The molecule has 3 aromatic rings. The van der Waals surface area contributed by atoms with Gasteiger partial charge in [-0.25, -0.2) is 14.8 Å². The highest BCUT2D eigenvalue weighted by molar-refractivity contribution is 7.98. The summed E-state index contributed by atoms with van der Waals surface area (Å²) in [6.45, 7) is 2.71. The number of aromatic nitrogens is 2. The predicted molar refractivity (Wildman–Crippen MR) is 125 cm³/mol.